The molecule has 0 atom stereocenters. The molecule has 0 aliphatic heterocycles. The maximum Gasteiger partial charge on any atom is 0.228 e. The molecule has 0 unspecified atom stereocenters. The second-order valence-corrected chi connectivity index (χ2v) is 5.77. The number of carbonyl (C=O) groups is 1. The van der Waals surface area contributed by atoms with Gasteiger partial charge in [-0.15, -0.1) is 0 Å². The van der Waals surface area contributed by atoms with Gasteiger partial charge in [0, 0.05) is 11.3 Å². The zero-order chi connectivity index (χ0) is 14.1. The Hall–Kier alpha value is -2.14. The molecule has 3 rings (SSSR count). The number of hydrogen-bond donors (Lipinski definition) is 2. The van der Waals surface area contributed by atoms with E-state index in [-0.39, 0.29) is 11.8 Å². The summed E-state index contributed by atoms with van der Waals surface area (Å²) in [5, 5.41) is 15.1. The van der Waals surface area contributed by atoms with Crippen molar-refractivity contribution < 1.29 is 4.79 Å². The Morgan fingerprint density at radius 3 is 2.85 bits per heavy atom. The summed E-state index contributed by atoms with van der Waals surface area (Å²) in [6, 6.07) is 8.17. The second-order valence-electron chi connectivity index (χ2n) is 4.99. The number of carbonyl (C=O) groups excluding carboxylic acids is 1. The smallest absolute Gasteiger partial charge is 0.228 e. The van der Waals surface area contributed by atoms with E-state index in [1.807, 2.05) is 26.0 Å². The van der Waals surface area contributed by atoms with Crippen LogP contribution >= 0.6 is 11.3 Å². The lowest BCUT2D eigenvalue weighted by Gasteiger charge is -2.05. The quantitative estimate of drug-likeness (QED) is 0.767. The van der Waals surface area contributed by atoms with Crippen molar-refractivity contribution in [1.29, 1.82) is 0 Å². The first kappa shape index (κ1) is 12.9. The van der Waals surface area contributed by atoms with Gasteiger partial charge in [0.25, 0.3) is 0 Å². The Morgan fingerprint density at radius 1 is 1.30 bits per heavy atom. The number of amides is 1. The molecule has 0 saturated carbocycles. The van der Waals surface area contributed by atoms with Crippen molar-refractivity contribution in [1.82, 2.24) is 10.2 Å². The van der Waals surface area contributed by atoms with E-state index < -0.39 is 0 Å². The molecule has 0 saturated heterocycles. The normalized spacial score (nSPS) is 11.2. The average molecular weight is 285 g/mol. The van der Waals surface area contributed by atoms with Crippen molar-refractivity contribution in [3.63, 3.8) is 0 Å². The van der Waals surface area contributed by atoms with Crippen LogP contribution in [0.4, 0.5) is 5.82 Å². The van der Waals surface area contributed by atoms with E-state index in [0.717, 1.165) is 16.5 Å². The third-order valence-electron chi connectivity index (χ3n) is 3.18. The Balaban J connectivity index is 1.96. The van der Waals surface area contributed by atoms with Gasteiger partial charge < -0.3 is 5.32 Å². The zero-order valence-electron chi connectivity index (χ0n) is 11.3. The van der Waals surface area contributed by atoms with Crippen LogP contribution in [0.3, 0.4) is 0 Å². The minimum absolute atomic E-state index is 0.0275. The molecule has 0 spiro atoms. The van der Waals surface area contributed by atoms with Gasteiger partial charge in [-0.25, -0.2) is 0 Å². The number of anilines is 1. The molecule has 1 aromatic carbocycles. The van der Waals surface area contributed by atoms with Crippen LogP contribution in [-0.4, -0.2) is 16.1 Å². The van der Waals surface area contributed by atoms with Crippen LogP contribution in [0.5, 0.6) is 0 Å². The number of nitrogens with one attached hydrogen (secondary N) is 2. The highest BCUT2D eigenvalue weighted by Crippen LogP contribution is 2.28. The topological polar surface area (TPSA) is 57.8 Å². The molecule has 0 fully saturated rings. The van der Waals surface area contributed by atoms with Gasteiger partial charge >= 0.3 is 0 Å². The number of nitrogens with zero attached hydrogens (tertiary/aromatic N) is 1. The van der Waals surface area contributed by atoms with Crippen LogP contribution in [0.1, 0.15) is 13.8 Å². The molecule has 20 heavy (non-hydrogen) atoms. The van der Waals surface area contributed by atoms with E-state index in [2.05, 4.69) is 38.4 Å². The lowest BCUT2D eigenvalue weighted by Crippen LogP contribution is -2.18. The maximum absolute atomic E-state index is 11.7. The molecule has 3 aromatic rings. The summed E-state index contributed by atoms with van der Waals surface area (Å²) in [5.74, 6) is 0.503. The summed E-state index contributed by atoms with van der Waals surface area (Å²) >= 11 is 1.67. The number of H-pyrrole nitrogens is 1. The maximum atomic E-state index is 11.7. The Bertz CT molecular complexity index is 744. The van der Waals surface area contributed by atoms with Crippen molar-refractivity contribution in [2.45, 2.75) is 13.8 Å². The third kappa shape index (κ3) is 2.32. The summed E-state index contributed by atoms with van der Waals surface area (Å²) in [4.78, 5) is 11.7. The van der Waals surface area contributed by atoms with Crippen LogP contribution in [0.2, 0.25) is 0 Å². The predicted molar refractivity (Wildman–Crippen MR) is 82.9 cm³/mol. The second kappa shape index (κ2) is 5.09. The summed E-state index contributed by atoms with van der Waals surface area (Å²) in [5.41, 5.74) is 3.26. The van der Waals surface area contributed by atoms with Crippen molar-refractivity contribution in [2.24, 2.45) is 5.92 Å². The van der Waals surface area contributed by atoms with E-state index in [1.165, 1.54) is 5.56 Å². The van der Waals surface area contributed by atoms with E-state index in [0.29, 0.717) is 5.82 Å². The van der Waals surface area contributed by atoms with Crippen LogP contribution in [-0.2, 0) is 4.79 Å². The molecule has 4 nitrogen and oxygen atoms in total. The van der Waals surface area contributed by atoms with Crippen molar-refractivity contribution >= 4 is 34.0 Å². The Kier molecular flexibility index (Phi) is 3.28. The number of aromatic amines is 1. The molecule has 0 aliphatic rings. The summed E-state index contributed by atoms with van der Waals surface area (Å²) in [7, 11) is 0. The van der Waals surface area contributed by atoms with Gasteiger partial charge in [0.15, 0.2) is 5.82 Å². The molecule has 0 radical (unpaired) electrons. The van der Waals surface area contributed by atoms with Gasteiger partial charge in [0.2, 0.25) is 5.91 Å². The molecular weight excluding hydrogens is 270 g/mol. The van der Waals surface area contributed by atoms with Crippen LogP contribution in [0.25, 0.3) is 22.0 Å². The first-order valence-electron chi connectivity index (χ1n) is 6.46. The number of aromatic nitrogens is 2. The SMILES string of the molecule is CC(C)C(=O)Nc1n[nH]c2cc(-c3ccsc3)ccc12. The van der Waals surface area contributed by atoms with Crippen molar-refractivity contribution in [3.8, 4) is 11.1 Å². The number of benzene rings is 1. The fraction of sp³-hybridized carbons (Fsp3) is 0.200. The van der Waals surface area contributed by atoms with Crippen LogP contribution < -0.4 is 5.32 Å². The zero-order valence-corrected chi connectivity index (χ0v) is 12.1. The molecule has 2 N–H and O–H groups in total. The number of thiophene rings is 1. The Morgan fingerprint density at radius 2 is 2.15 bits per heavy atom. The highest BCUT2D eigenvalue weighted by atomic mass is 32.1. The first-order chi connectivity index (χ1) is 9.65. The molecule has 0 bridgehead atoms. The summed E-state index contributed by atoms with van der Waals surface area (Å²) in [6.45, 7) is 3.72. The highest BCUT2D eigenvalue weighted by molar-refractivity contribution is 7.08. The fourth-order valence-corrected chi connectivity index (χ4v) is 2.65. The van der Waals surface area contributed by atoms with Crippen LogP contribution in [0.15, 0.2) is 35.0 Å². The largest absolute Gasteiger partial charge is 0.308 e. The number of hydrogen-bond acceptors (Lipinski definition) is 3. The number of rotatable bonds is 3. The third-order valence-corrected chi connectivity index (χ3v) is 3.87. The van der Waals surface area contributed by atoms with Gasteiger partial charge in [0.1, 0.15) is 0 Å². The van der Waals surface area contributed by atoms with Gasteiger partial charge in [-0.05, 0) is 40.1 Å². The van der Waals surface area contributed by atoms with E-state index >= 15 is 0 Å². The first-order valence-corrected chi connectivity index (χ1v) is 7.41. The monoisotopic (exact) mass is 285 g/mol. The molecule has 5 heteroatoms. The lowest BCUT2D eigenvalue weighted by molar-refractivity contribution is -0.118. The summed E-state index contributed by atoms with van der Waals surface area (Å²) in [6.07, 6.45) is 0. The fourth-order valence-electron chi connectivity index (χ4n) is 1.98. The highest BCUT2D eigenvalue weighted by Gasteiger charge is 2.12. The minimum Gasteiger partial charge on any atom is -0.308 e. The lowest BCUT2D eigenvalue weighted by atomic mass is 10.1. The van der Waals surface area contributed by atoms with Crippen LogP contribution in [0, 0.1) is 5.92 Å². The minimum atomic E-state index is -0.0631. The standard InChI is InChI=1S/C15H15N3OS/c1-9(2)15(19)16-14-12-4-3-10(7-13(12)17-18-14)11-5-6-20-8-11/h3-9H,1-2H3,(H2,16,17,18,19). The molecule has 102 valence electrons. The Labute approximate surface area is 120 Å². The van der Waals surface area contributed by atoms with E-state index in [1.54, 1.807) is 11.3 Å². The molecule has 0 aliphatic carbocycles. The van der Waals surface area contributed by atoms with Crippen molar-refractivity contribution in [2.75, 3.05) is 5.32 Å². The van der Waals surface area contributed by atoms with Gasteiger partial charge in [-0.3, -0.25) is 9.89 Å². The van der Waals surface area contributed by atoms with E-state index in [9.17, 15) is 4.79 Å². The van der Waals surface area contributed by atoms with Gasteiger partial charge in [-0.2, -0.15) is 16.4 Å². The summed E-state index contributed by atoms with van der Waals surface area (Å²) < 4.78 is 0. The van der Waals surface area contributed by atoms with Gasteiger partial charge in [0.05, 0.1) is 5.52 Å². The molecule has 1 amide bonds. The van der Waals surface area contributed by atoms with Crippen molar-refractivity contribution in [3.05, 3.63) is 35.0 Å². The molecular formula is C15H15N3OS. The predicted octanol–water partition coefficient (Wildman–Crippen LogP) is 3.89. The van der Waals surface area contributed by atoms with E-state index in [4.69, 9.17) is 0 Å². The van der Waals surface area contributed by atoms with Gasteiger partial charge in [-0.1, -0.05) is 19.9 Å². The molecule has 2 heterocycles. The molecule has 2 aromatic heterocycles. The average Bonchev–Trinajstić information content (AvgIpc) is 3.07. The number of fused-ring (bicyclic) bond motifs is 1.